The van der Waals surface area contributed by atoms with Crippen LogP contribution in [0.4, 0.5) is 0 Å². The number of carbonyl (C=O) groups excluding carboxylic acids is 1. The van der Waals surface area contributed by atoms with Crippen LogP contribution in [-0.4, -0.2) is 17.0 Å². The highest BCUT2D eigenvalue weighted by atomic mass is 16.3. The van der Waals surface area contributed by atoms with Gasteiger partial charge in [0.05, 0.1) is 6.10 Å². The molecule has 2 nitrogen and oxygen atoms in total. The zero-order valence-corrected chi connectivity index (χ0v) is 9.66. The third-order valence-electron chi connectivity index (χ3n) is 2.32. The molecule has 0 aliphatic heterocycles. The fourth-order valence-electron chi connectivity index (χ4n) is 1.33. The molecule has 0 saturated heterocycles. The van der Waals surface area contributed by atoms with Gasteiger partial charge in [-0.15, -0.1) is 0 Å². The minimum absolute atomic E-state index is 0.237. The minimum Gasteiger partial charge on any atom is -0.389 e. The average molecular weight is 198 g/mol. The van der Waals surface area contributed by atoms with E-state index in [-0.39, 0.29) is 5.78 Å². The Hall–Kier alpha value is -0.630. The first kappa shape index (κ1) is 13.4. The number of allylic oxidation sites excluding steroid dienone is 1. The molecule has 0 aromatic rings. The average Bonchev–Trinajstić information content (AvgIpc) is 2.02. The Balaban J connectivity index is 4.09. The van der Waals surface area contributed by atoms with Crippen LogP contribution < -0.4 is 0 Å². The molecule has 0 aliphatic rings. The molecule has 0 spiro atoms. The van der Waals surface area contributed by atoms with E-state index in [0.717, 1.165) is 6.42 Å². The normalized spacial score (nSPS) is 16.1. The Labute approximate surface area is 87.0 Å². The number of carbonyl (C=O) groups is 1. The summed E-state index contributed by atoms with van der Waals surface area (Å²) in [5, 5.41) is 9.11. The van der Waals surface area contributed by atoms with E-state index in [1.54, 1.807) is 19.9 Å². The first-order valence-corrected chi connectivity index (χ1v) is 5.29. The zero-order chi connectivity index (χ0) is 11.1. The molecular formula is C12H22O2. The molecule has 1 N–H and O–H groups in total. The Bertz CT molecular complexity index is 192. The first-order chi connectivity index (χ1) is 6.43. The number of ketones is 1. The number of rotatable bonds is 6. The van der Waals surface area contributed by atoms with Crippen LogP contribution in [0.2, 0.25) is 0 Å². The molecule has 0 fully saturated rings. The molecule has 0 aliphatic carbocycles. The summed E-state index contributed by atoms with van der Waals surface area (Å²) in [6, 6.07) is 0. The lowest BCUT2D eigenvalue weighted by Crippen LogP contribution is -2.08. The van der Waals surface area contributed by atoms with Crippen molar-refractivity contribution in [1.82, 2.24) is 0 Å². The summed E-state index contributed by atoms with van der Waals surface area (Å²) in [5.41, 5.74) is 0. The highest BCUT2D eigenvalue weighted by Gasteiger charge is 2.10. The molecule has 2 unspecified atom stereocenters. The molecule has 2 heteroatoms. The highest BCUT2D eigenvalue weighted by molar-refractivity contribution is 5.75. The van der Waals surface area contributed by atoms with E-state index in [9.17, 15) is 4.79 Å². The van der Waals surface area contributed by atoms with Gasteiger partial charge in [0.25, 0.3) is 0 Å². The van der Waals surface area contributed by atoms with Gasteiger partial charge >= 0.3 is 0 Å². The van der Waals surface area contributed by atoms with E-state index in [1.165, 1.54) is 0 Å². The fraction of sp³-hybridized carbons (Fsp3) is 0.750. The molecule has 82 valence electrons. The standard InChI is InChI=1S/C12H22O2/c1-9(2)12(7-5-10(3)13)8-6-11(4)14/h5,7,9-10,12-13H,6,8H2,1-4H3. The zero-order valence-electron chi connectivity index (χ0n) is 9.66. The molecule has 0 aromatic carbocycles. The van der Waals surface area contributed by atoms with Gasteiger partial charge in [-0.25, -0.2) is 0 Å². The molecular weight excluding hydrogens is 176 g/mol. The molecule has 0 aromatic heterocycles. The summed E-state index contributed by atoms with van der Waals surface area (Å²) in [7, 11) is 0. The second-order valence-corrected chi connectivity index (χ2v) is 4.27. The van der Waals surface area contributed by atoms with Crippen molar-refractivity contribution < 1.29 is 9.90 Å². The summed E-state index contributed by atoms with van der Waals surface area (Å²) in [6.07, 6.45) is 4.94. The lowest BCUT2D eigenvalue weighted by Gasteiger charge is -2.16. The van der Waals surface area contributed by atoms with E-state index in [1.807, 2.05) is 6.08 Å². The molecule has 2 atom stereocenters. The largest absolute Gasteiger partial charge is 0.389 e. The Kier molecular flexibility index (Phi) is 6.46. The van der Waals surface area contributed by atoms with Gasteiger partial charge in [0.1, 0.15) is 5.78 Å². The Morgan fingerprint density at radius 3 is 2.21 bits per heavy atom. The fourth-order valence-corrected chi connectivity index (χ4v) is 1.33. The van der Waals surface area contributed by atoms with E-state index in [4.69, 9.17) is 5.11 Å². The molecule has 0 rings (SSSR count). The number of aliphatic hydroxyl groups excluding tert-OH is 1. The molecule has 0 radical (unpaired) electrons. The summed E-state index contributed by atoms with van der Waals surface area (Å²) in [4.78, 5) is 10.8. The summed E-state index contributed by atoms with van der Waals surface area (Å²) in [5.74, 6) is 1.15. The third kappa shape index (κ3) is 6.84. The van der Waals surface area contributed by atoms with E-state index in [0.29, 0.717) is 18.3 Å². The molecule has 14 heavy (non-hydrogen) atoms. The van der Waals surface area contributed by atoms with Crippen LogP contribution in [0.1, 0.15) is 40.5 Å². The quantitative estimate of drug-likeness (QED) is 0.666. The number of hydrogen-bond donors (Lipinski definition) is 1. The van der Waals surface area contributed by atoms with Crippen molar-refractivity contribution in [3.63, 3.8) is 0 Å². The van der Waals surface area contributed by atoms with Crippen molar-refractivity contribution in [3.05, 3.63) is 12.2 Å². The molecule has 0 heterocycles. The van der Waals surface area contributed by atoms with E-state index < -0.39 is 6.10 Å². The second kappa shape index (κ2) is 6.77. The van der Waals surface area contributed by atoms with Crippen LogP contribution in [0.3, 0.4) is 0 Å². The Morgan fingerprint density at radius 2 is 1.86 bits per heavy atom. The molecule has 0 bridgehead atoms. The lowest BCUT2D eigenvalue weighted by molar-refractivity contribution is -0.117. The minimum atomic E-state index is -0.395. The van der Waals surface area contributed by atoms with Crippen LogP contribution in [-0.2, 0) is 4.79 Å². The van der Waals surface area contributed by atoms with Crippen LogP contribution in [0.5, 0.6) is 0 Å². The topological polar surface area (TPSA) is 37.3 Å². The van der Waals surface area contributed by atoms with Crippen molar-refractivity contribution in [1.29, 1.82) is 0 Å². The first-order valence-electron chi connectivity index (χ1n) is 5.29. The van der Waals surface area contributed by atoms with Crippen molar-refractivity contribution in [2.24, 2.45) is 11.8 Å². The van der Waals surface area contributed by atoms with Gasteiger partial charge in [0.2, 0.25) is 0 Å². The SMILES string of the molecule is CC(=O)CCC(C=CC(C)O)C(C)C. The molecule has 0 amide bonds. The Morgan fingerprint density at radius 1 is 1.29 bits per heavy atom. The van der Waals surface area contributed by atoms with Crippen LogP contribution >= 0.6 is 0 Å². The predicted octanol–water partition coefficient (Wildman–Crippen LogP) is 2.56. The number of hydrogen-bond acceptors (Lipinski definition) is 2. The van der Waals surface area contributed by atoms with Gasteiger partial charge in [-0.3, -0.25) is 0 Å². The van der Waals surface area contributed by atoms with Gasteiger partial charge in [0, 0.05) is 6.42 Å². The van der Waals surface area contributed by atoms with Gasteiger partial charge in [-0.1, -0.05) is 26.0 Å². The third-order valence-corrected chi connectivity index (χ3v) is 2.32. The summed E-state index contributed by atoms with van der Waals surface area (Å²) < 4.78 is 0. The smallest absolute Gasteiger partial charge is 0.129 e. The van der Waals surface area contributed by atoms with E-state index in [2.05, 4.69) is 13.8 Å². The maximum Gasteiger partial charge on any atom is 0.129 e. The maximum atomic E-state index is 10.8. The maximum absolute atomic E-state index is 10.8. The van der Waals surface area contributed by atoms with Crippen molar-refractivity contribution >= 4 is 5.78 Å². The predicted molar refractivity (Wildman–Crippen MR) is 59.1 cm³/mol. The molecule has 0 saturated carbocycles. The van der Waals surface area contributed by atoms with E-state index >= 15 is 0 Å². The van der Waals surface area contributed by atoms with Crippen LogP contribution in [0.25, 0.3) is 0 Å². The monoisotopic (exact) mass is 198 g/mol. The van der Waals surface area contributed by atoms with Gasteiger partial charge in [-0.2, -0.15) is 0 Å². The van der Waals surface area contributed by atoms with Crippen molar-refractivity contribution in [3.8, 4) is 0 Å². The lowest BCUT2D eigenvalue weighted by atomic mass is 9.90. The van der Waals surface area contributed by atoms with Gasteiger partial charge in [0.15, 0.2) is 0 Å². The number of aliphatic hydroxyl groups is 1. The van der Waals surface area contributed by atoms with Crippen LogP contribution in [0.15, 0.2) is 12.2 Å². The summed E-state index contributed by atoms with van der Waals surface area (Å²) >= 11 is 0. The second-order valence-electron chi connectivity index (χ2n) is 4.27. The van der Waals surface area contributed by atoms with Crippen molar-refractivity contribution in [2.75, 3.05) is 0 Å². The van der Waals surface area contributed by atoms with Gasteiger partial charge < -0.3 is 9.90 Å². The van der Waals surface area contributed by atoms with Crippen LogP contribution in [0, 0.1) is 11.8 Å². The highest BCUT2D eigenvalue weighted by Crippen LogP contribution is 2.19. The van der Waals surface area contributed by atoms with Crippen molar-refractivity contribution in [2.45, 2.75) is 46.6 Å². The van der Waals surface area contributed by atoms with Gasteiger partial charge in [-0.05, 0) is 32.1 Å². The number of Topliss-reactive ketones (excluding diaryl/α,β-unsaturated/α-hetero) is 1. The summed E-state index contributed by atoms with van der Waals surface area (Å²) in [6.45, 7) is 7.63.